The van der Waals surface area contributed by atoms with Crippen molar-refractivity contribution in [2.45, 2.75) is 25.9 Å². The third-order valence-electron chi connectivity index (χ3n) is 4.31. The van der Waals surface area contributed by atoms with Gasteiger partial charge in [0.1, 0.15) is 22.8 Å². The van der Waals surface area contributed by atoms with Crippen LogP contribution < -0.4 is 15.2 Å². The van der Waals surface area contributed by atoms with E-state index in [2.05, 4.69) is 4.98 Å². The first-order valence-corrected chi connectivity index (χ1v) is 9.20. The van der Waals surface area contributed by atoms with E-state index in [1.807, 2.05) is 37.3 Å². The zero-order chi connectivity index (χ0) is 19.9. The second kappa shape index (κ2) is 9.08. The first-order chi connectivity index (χ1) is 13.6. The minimum atomic E-state index is -0.378. The average Bonchev–Trinajstić information content (AvgIpc) is 2.71. The second-order valence-electron chi connectivity index (χ2n) is 6.50. The van der Waals surface area contributed by atoms with Crippen molar-refractivity contribution in [2.75, 3.05) is 19.5 Å². The summed E-state index contributed by atoms with van der Waals surface area (Å²) >= 11 is 0. The first-order valence-electron chi connectivity index (χ1n) is 9.20. The van der Waals surface area contributed by atoms with Crippen LogP contribution in [-0.4, -0.2) is 30.8 Å². The Hall–Kier alpha value is -3.28. The lowest BCUT2D eigenvalue weighted by molar-refractivity contribution is 0.0600. The van der Waals surface area contributed by atoms with Crippen molar-refractivity contribution in [1.29, 1.82) is 0 Å². The van der Waals surface area contributed by atoms with Crippen LogP contribution in [0.4, 0.5) is 5.82 Å². The van der Waals surface area contributed by atoms with Crippen molar-refractivity contribution < 1.29 is 19.0 Å². The molecule has 0 aliphatic rings. The summed E-state index contributed by atoms with van der Waals surface area (Å²) in [5, 5.41) is 0.993. The standard InChI is InChI=1S/C22H24N2O4/c1-15(28-19-10-4-7-16-11-12-20(23)24-21(16)19)6-5-13-27-18-9-3-8-17(14-18)22(25)26-2/h3-4,7-12,14-15H,5-6,13H2,1-2H3,(H2,23,24). The molecule has 2 aromatic carbocycles. The molecule has 3 rings (SSSR count). The van der Waals surface area contributed by atoms with Crippen molar-refractivity contribution in [2.24, 2.45) is 0 Å². The molecule has 0 aliphatic heterocycles. The van der Waals surface area contributed by atoms with E-state index in [9.17, 15) is 4.79 Å². The van der Waals surface area contributed by atoms with Crippen molar-refractivity contribution in [1.82, 2.24) is 4.98 Å². The number of fused-ring (bicyclic) bond motifs is 1. The summed E-state index contributed by atoms with van der Waals surface area (Å²) < 4.78 is 16.5. The second-order valence-corrected chi connectivity index (χ2v) is 6.50. The highest BCUT2D eigenvalue weighted by atomic mass is 16.5. The number of esters is 1. The van der Waals surface area contributed by atoms with Crippen LogP contribution in [-0.2, 0) is 4.74 Å². The van der Waals surface area contributed by atoms with Gasteiger partial charge >= 0.3 is 5.97 Å². The maximum Gasteiger partial charge on any atom is 0.337 e. The number of aromatic nitrogens is 1. The number of hydrogen-bond acceptors (Lipinski definition) is 6. The highest BCUT2D eigenvalue weighted by Gasteiger charge is 2.10. The largest absolute Gasteiger partial charge is 0.494 e. The Bertz CT molecular complexity index is 958. The first kappa shape index (κ1) is 19.5. The van der Waals surface area contributed by atoms with Gasteiger partial charge in [0.2, 0.25) is 0 Å². The topological polar surface area (TPSA) is 83.7 Å². The summed E-state index contributed by atoms with van der Waals surface area (Å²) in [7, 11) is 1.36. The molecule has 0 amide bonds. The zero-order valence-electron chi connectivity index (χ0n) is 16.1. The third kappa shape index (κ3) is 4.91. The summed E-state index contributed by atoms with van der Waals surface area (Å²) in [6, 6.07) is 16.5. The van der Waals surface area contributed by atoms with Gasteiger partial charge in [0, 0.05) is 5.39 Å². The smallest absolute Gasteiger partial charge is 0.337 e. The maximum atomic E-state index is 11.6. The molecule has 3 aromatic rings. The number of pyridine rings is 1. The van der Waals surface area contributed by atoms with E-state index >= 15 is 0 Å². The highest BCUT2D eigenvalue weighted by Crippen LogP contribution is 2.26. The molecular formula is C22H24N2O4. The molecule has 0 spiro atoms. The number of anilines is 1. The molecular weight excluding hydrogens is 356 g/mol. The van der Waals surface area contributed by atoms with Crippen LogP contribution >= 0.6 is 0 Å². The number of benzene rings is 2. The predicted octanol–water partition coefficient (Wildman–Crippen LogP) is 4.23. The molecule has 146 valence electrons. The molecule has 1 heterocycles. The van der Waals surface area contributed by atoms with Gasteiger partial charge < -0.3 is 19.9 Å². The molecule has 6 nitrogen and oxygen atoms in total. The number of para-hydroxylation sites is 1. The number of methoxy groups -OCH3 is 1. The van der Waals surface area contributed by atoms with Gasteiger partial charge in [-0.2, -0.15) is 0 Å². The van der Waals surface area contributed by atoms with Crippen LogP contribution in [0.2, 0.25) is 0 Å². The fourth-order valence-electron chi connectivity index (χ4n) is 2.90. The summed E-state index contributed by atoms with van der Waals surface area (Å²) in [6.07, 6.45) is 1.62. The van der Waals surface area contributed by atoms with Crippen molar-refractivity contribution >= 4 is 22.7 Å². The lowest BCUT2D eigenvalue weighted by Gasteiger charge is -2.16. The van der Waals surface area contributed by atoms with Gasteiger partial charge in [-0.15, -0.1) is 0 Å². The van der Waals surface area contributed by atoms with Crippen molar-refractivity contribution in [3.05, 3.63) is 60.2 Å². The number of rotatable bonds is 8. The number of hydrogen-bond donors (Lipinski definition) is 1. The molecule has 2 N–H and O–H groups in total. The summed E-state index contributed by atoms with van der Waals surface area (Å²) in [5.74, 6) is 1.46. The summed E-state index contributed by atoms with van der Waals surface area (Å²) in [5.41, 5.74) is 7.04. The quantitative estimate of drug-likeness (QED) is 0.465. The molecule has 6 heteroatoms. The number of ether oxygens (including phenoxy) is 3. The Balaban J connectivity index is 1.51. The van der Waals surface area contributed by atoms with Gasteiger partial charge in [0.15, 0.2) is 0 Å². The molecule has 0 saturated carbocycles. The minimum Gasteiger partial charge on any atom is -0.494 e. The van der Waals surface area contributed by atoms with Crippen LogP contribution in [0.15, 0.2) is 54.6 Å². The van der Waals surface area contributed by atoms with Crippen LogP contribution in [0.3, 0.4) is 0 Å². The molecule has 28 heavy (non-hydrogen) atoms. The Morgan fingerprint density at radius 3 is 2.79 bits per heavy atom. The van der Waals surface area contributed by atoms with Gasteiger partial charge in [0.05, 0.1) is 25.4 Å². The van der Waals surface area contributed by atoms with Gasteiger partial charge in [0.25, 0.3) is 0 Å². The number of nitrogen functional groups attached to an aromatic ring is 1. The van der Waals surface area contributed by atoms with Crippen molar-refractivity contribution in [3.63, 3.8) is 0 Å². The molecule has 1 unspecified atom stereocenters. The van der Waals surface area contributed by atoms with Crippen molar-refractivity contribution in [3.8, 4) is 11.5 Å². The molecule has 1 aromatic heterocycles. The van der Waals surface area contributed by atoms with E-state index in [4.69, 9.17) is 19.9 Å². The van der Waals surface area contributed by atoms with Crippen LogP contribution in [0.1, 0.15) is 30.1 Å². The fourth-order valence-corrected chi connectivity index (χ4v) is 2.90. The fraction of sp³-hybridized carbons (Fsp3) is 0.273. The minimum absolute atomic E-state index is 0.00108. The van der Waals surface area contributed by atoms with Crippen LogP contribution in [0.5, 0.6) is 11.5 Å². The number of carbonyl (C=O) groups excluding carboxylic acids is 1. The zero-order valence-corrected chi connectivity index (χ0v) is 16.1. The predicted molar refractivity (Wildman–Crippen MR) is 109 cm³/mol. The Labute approximate surface area is 164 Å². The van der Waals surface area contributed by atoms with E-state index in [1.54, 1.807) is 24.3 Å². The number of nitrogens with two attached hydrogens (primary N) is 1. The van der Waals surface area contributed by atoms with Gasteiger partial charge in [-0.05, 0) is 56.2 Å². The average molecular weight is 380 g/mol. The van der Waals surface area contributed by atoms with Gasteiger partial charge in [-0.1, -0.05) is 18.2 Å². The molecule has 0 aliphatic carbocycles. The van der Waals surface area contributed by atoms with Gasteiger partial charge in [-0.25, -0.2) is 9.78 Å². The SMILES string of the molecule is COC(=O)c1cccc(OCCCC(C)Oc2cccc3ccc(N)nc23)c1. The van der Waals surface area contributed by atoms with Crippen LogP contribution in [0.25, 0.3) is 10.9 Å². The molecule has 0 fully saturated rings. The van der Waals surface area contributed by atoms with E-state index in [-0.39, 0.29) is 12.1 Å². The summed E-state index contributed by atoms with van der Waals surface area (Å²) in [6.45, 7) is 2.54. The molecule has 1 atom stereocenters. The molecule has 0 radical (unpaired) electrons. The van der Waals surface area contributed by atoms with E-state index in [0.29, 0.717) is 23.7 Å². The van der Waals surface area contributed by atoms with E-state index in [1.165, 1.54) is 7.11 Å². The highest BCUT2D eigenvalue weighted by molar-refractivity contribution is 5.89. The third-order valence-corrected chi connectivity index (χ3v) is 4.31. The Kier molecular flexibility index (Phi) is 6.32. The normalized spacial score (nSPS) is 11.8. The van der Waals surface area contributed by atoms with E-state index < -0.39 is 0 Å². The van der Waals surface area contributed by atoms with Crippen LogP contribution in [0, 0.1) is 0 Å². The molecule has 0 saturated heterocycles. The summed E-state index contributed by atoms with van der Waals surface area (Å²) in [4.78, 5) is 16.0. The van der Waals surface area contributed by atoms with E-state index in [0.717, 1.165) is 29.5 Å². The maximum absolute atomic E-state index is 11.6. The monoisotopic (exact) mass is 380 g/mol. The number of nitrogens with zero attached hydrogens (tertiary/aromatic N) is 1. The lowest BCUT2D eigenvalue weighted by atomic mass is 10.2. The lowest BCUT2D eigenvalue weighted by Crippen LogP contribution is -2.14. The molecule has 0 bridgehead atoms. The Morgan fingerprint density at radius 1 is 1.14 bits per heavy atom. The number of carbonyl (C=O) groups is 1. The Morgan fingerprint density at radius 2 is 1.96 bits per heavy atom. The van der Waals surface area contributed by atoms with Gasteiger partial charge in [-0.3, -0.25) is 0 Å².